The van der Waals surface area contributed by atoms with Gasteiger partial charge in [-0.1, -0.05) is 91.0 Å². The molecule has 12 heteroatoms. The summed E-state index contributed by atoms with van der Waals surface area (Å²) in [5, 5.41) is 0. The van der Waals surface area contributed by atoms with Crippen LogP contribution in [-0.4, -0.2) is 0 Å². The summed E-state index contributed by atoms with van der Waals surface area (Å²) >= 11 is 0. The Hall–Kier alpha value is -4.25. The van der Waals surface area contributed by atoms with E-state index in [0.29, 0.717) is 28.7 Å². The van der Waals surface area contributed by atoms with Crippen LogP contribution in [0.15, 0.2) is 161 Å². The summed E-state index contributed by atoms with van der Waals surface area (Å²) in [6.07, 6.45) is 0. The molecule has 212 valence electrons. The van der Waals surface area contributed by atoms with Gasteiger partial charge in [0.25, 0.3) is 0 Å². The molecule has 0 bridgehead atoms. The predicted octanol–water partition coefficient (Wildman–Crippen LogP) is 9.99. The quantitative estimate of drug-likeness (QED) is 0.156. The molecule has 1 atom stereocenters. The highest BCUT2D eigenvalue weighted by Crippen LogP contribution is 2.75. The third-order valence-corrected chi connectivity index (χ3v) is 13.6. The molecular formula is C30H26N3O6P3. The highest BCUT2D eigenvalue weighted by atomic mass is 31.3. The Morgan fingerprint density at radius 3 is 1.07 bits per heavy atom. The van der Waals surface area contributed by atoms with Gasteiger partial charge in [-0.05, 0) is 60.7 Å². The summed E-state index contributed by atoms with van der Waals surface area (Å²) in [5.41, 5.74) is 0. The van der Waals surface area contributed by atoms with Crippen LogP contribution in [0.3, 0.4) is 0 Å². The summed E-state index contributed by atoms with van der Waals surface area (Å²) in [6.45, 7) is 0. The second kappa shape index (κ2) is 12.3. The molecule has 1 heterocycles. The molecule has 1 aliphatic heterocycles. The fourth-order valence-corrected chi connectivity index (χ4v) is 12.6. The van der Waals surface area contributed by atoms with Crippen molar-refractivity contribution in [2.24, 2.45) is 9.03 Å². The van der Waals surface area contributed by atoms with Crippen LogP contribution >= 0.6 is 23.0 Å². The van der Waals surface area contributed by atoms with E-state index in [9.17, 15) is 4.57 Å². The average Bonchev–Trinajstić information content (AvgIpc) is 2.99. The first-order valence-corrected chi connectivity index (χ1v) is 17.6. The van der Waals surface area contributed by atoms with E-state index in [2.05, 4.69) is 9.37 Å². The minimum atomic E-state index is -4.25. The van der Waals surface area contributed by atoms with Crippen LogP contribution in [0.2, 0.25) is 0 Å². The van der Waals surface area contributed by atoms with E-state index < -0.39 is 23.0 Å². The Kier molecular flexibility index (Phi) is 8.18. The lowest BCUT2D eigenvalue weighted by molar-refractivity contribution is 0.435. The molecule has 0 saturated carbocycles. The highest BCUT2D eigenvalue weighted by molar-refractivity contribution is 7.81. The molecule has 0 aromatic heterocycles. The minimum Gasteiger partial charge on any atom is -0.418 e. The maximum absolute atomic E-state index is 14.8. The van der Waals surface area contributed by atoms with Crippen LogP contribution < -0.4 is 27.5 Å². The monoisotopic (exact) mass is 617 g/mol. The Labute approximate surface area is 244 Å². The minimum absolute atomic E-state index is 0.314. The molecule has 42 heavy (non-hydrogen) atoms. The first-order valence-electron chi connectivity index (χ1n) is 12.9. The summed E-state index contributed by atoms with van der Waals surface area (Å²) < 4.78 is 56.2. The number of nitrogens with one attached hydrogen (secondary N) is 1. The molecule has 9 nitrogen and oxygen atoms in total. The second-order valence-electron chi connectivity index (χ2n) is 8.83. The highest BCUT2D eigenvalue weighted by Gasteiger charge is 2.50. The standard InChI is InChI=1S/C30H26N3O6P3/c34-40(35-26-16-6-1-7-17-26)31-41(36-27-18-8-2-9-19-27,37-28-20-10-3-11-21-28)33-42(32-40,38-29-22-12-4-13-23-29)39-30-24-14-5-15-25-30/h1-25H,(H,31,34). The van der Waals surface area contributed by atoms with Crippen LogP contribution in [0.5, 0.6) is 28.7 Å². The Morgan fingerprint density at radius 1 is 0.405 bits per heavy atom. The molecule has 6 rings (SSSR count). The van der Waals surface area contributed by atoms with E-state index in [1.807, 2.05) is 54.6 Å². The molecule has 1 N–H and O–H groups in total. The zero-order valence-corrected chi connectivity index (χ0v) is 24.8. The molecule has 0 saturated heterocycles. The van der Waals surface area contributed by atoms with Crippen molar-refractivity contribution >= 4 is 23.0 Å². The van der Waals surface area contributed by atoms with Crippen molar-refractivity contribution in [1.82, 2.24) is 4.86 Å². The molecule has 5 aromatic rings. The third-order valence-electron chi connectivity index (χ3n) is 5.57. The van der Waals surface area contributed by atoms with Gasteiger partial charge >= 0.3 is 23.0 Å². The van der Waals surface area contributed by atoms with Gasteiger partial charge in [0.1, 0.15) is 28.7 Å². The zero-order chi connectivity index (χ0) is 28.7. The van der Waals surface area contributed by atoms with Crippen molar-refractivity contribution in [3.05, 3.63) is 152 Å². The van der Waals surface area contributed by atoms with Crippen LogP contribution in [0.1, 0.15) is 0 Å². The van der Waals surface area contributed by atoms with Crippen molar-refractivity contribution in [2.75, 3.05) is 0 Å². The number of hydrogen-bond acceptors (Lipinski definition) is 7. The summed E-state index contributed by atoms with van der Waals surface area (Å²) in [7, 11) is -11.9. The van der Waals surface area contributed by atoms with Crippen LogP contribution in [0.25, 0.3) is 0 Å². The second-order valence-corrected chi connectivity index (χ2v) is 15.0. The van der Waals surface area contributed by atoms with Gasteiger partial charge in [0, 0.05) is 0 Å². The van der Waals surface area contributed by atoms with Gasteiger partial charge in [-0.2, -0.15) is 0 Å². The first-order chi connectivity index (χ1) is 20.5. The average molecular weight is 617 g/mol. The van der Waals surface area contributed by atoms with Crippen molar-refractivity contribution in [2.45, 2.75) is 0 Å². The summed E-state index contributed by atoms with van der Waals surface area (Å²) in [6, 6.07) is 44.5. The molecule has 1 aliphatic rings. The number of nitrogens with zero attached hydrogens (tertiary/aromatic N) is 2. The van der Waals surface area contributed by atoms with E-state index in [1.54, 1.807) is 97.1 Å². The molecule has 0 radical (unpaired) electrons. The normalized spacial score (nSPS) is 18.4. The maximum atomic E-state index is 14.8. The lowest BCUT2D eigenvalue weighted by atomic mass is 10.3. The van der Waals surface area contributed by atoms with Gasteiger partial charge in [0.15, 0.2) is 0 Å². The lowest BCUT2D eigenvalue weighted by Gasteiger charge is -2.34. The predicted molar refractivity (Wildman–Crippen MR) is 165 cm³/mol. The number of para-hydroxylation sites is 5. The van der Waals surface area contributed by atoms with Gasteiger partial charge in [0.2, 0.25) is 0 Å². The molecule has 1 unspecified atom stereocenters. The van der Waals surface area contributed by atoms with Crippen LogP contribution in [-0.2, 0) is 4.57 Å². The van der Waals surface area contributed by atoms with E-state index in [-0.39, 0.29) is 0 Å². The lowest BCUT2D eigenvalue weighted by Crippen LogP contribution is -2.22. The SMILES string of the molecule is O=P1(Oc2ccccc2)N=P(Oc2ccccc2)(Oc2ccccc2)N=P(Oc2ccccc2)(Oc2ccccc2)N1. The van der Waals surface area contributed by atoms with Gasteiger partial charge in [-0.15, -0.1) is 13.9 Å². The van der Waals surface area contributed by atoms with Gasteiger partial charge < -0.3 is 22.6 Å². The molecule has 5 aromatic carbocycles. The van der Waals surface area contributed by atoms with E-state index in [1.165, 1.54) is 0 Å². The van der Waals surface area contributed by atoms with Crippen molar-refractivity contribution in [1.29, 1.82) is 0 Å². The summed E-state index contributed by atoms with van der Waals surface area (Å²) in [5.74, 6) is 1.96. The zero-order valence-electron chi connectivity index (χ0n) is 22.1. The third kappa shape index (κ3) is 6.96. The number of hydrogen-bond donors (Lipinski definition) is 1. The fraction of sp³-hybridized carbons (Fsp3) is 0. The van der Waals surface area contributed by atoms with Crippen LogP contribution in [0, 0.1) is 0 Å². The summed E-state index contributed by atoms with van der Waals surface area (Å²) in [4.78, 5) is 2.95. The first kappa shape index (κ1) is 27.9. The molecule has 0 aliphatic carbocycles. The Balaban J connectivity index is 1.59. The largest absolute Gasteiger partial charge is 0.460 e. The van der Waals surface area contributed by atoms with Crippen molar-refractivity contribution < 1.29 is 27.2 Å². The van der Waals surface area contributed by atoms with Gasteiger partial charge in [-0.3, -0.25) is 0 Å². The number of rotatable bonds is 10. The molecule has 0 fully saturated rings. The Bertz CT molecular complexity index is 1690. The van der Waals surface area contributed by atoms with Crippen molar-refractivity contribution in [3.8, 4) is 28.7 Å². The van der Waals surface area contributed by atoms with Gasteiger partial charge in [-0.25, -0.2) is 4.57 Å². The fourth-order valence-electron chi connectivity index (χ4n) is 3.85. The van der Waals surface area contributed by atoms with E-state index in [4.69, 9.17) is 27.1 Å². The molecule has 0 amide bonds. The molecular weight excluding hydrogens is 591 g/mol. The number of benzene rings is 5. The van der Waals surface area contributed by atoms with Crippen molar-refractivity contribution in [3.63, 3.8) is 0 Å². The van der Waals surface area contributed by atoms with E-state index >= 15 is 0 Å². The van der Waals surface area contributed by atoms with E-state index in [0.717, 1.165) is 0 Å². The van der Waals surface area contributed by atoms with Crippen LogP contribution in [0.4, 0.5) is 0 Å². The maximum Gasteiger partial charge on any atom is 0.460 e. The Morgan fingerprint density at radius 2 is 0.714 bits per heavy atom. The van der Waals surface area contributed by atoms with Gasteiger partial charge in [0.05, 0.1) is 0 Å². The topological polar surface area (TPSA) is 100.0 Å². The molecule has 0 spiro atoms. The smallest absolute Gasteiger partial charge is 0.418 e.